The summed E-state index contributed by atoms with van der Waals surface area (Å²) in [6, 6.07) is 48.6. The molecular formula is C45H33B5N4O. The van der Waals surface area contributed by atoms with Crippen LogP contribution >= 0.6 is 0 Å². The molecule has 3 heterocycles. The van der Waals surface area contributed by atoms with Gasteiger partial charge in [0.2, 0.25) is 0 Å². The average Bonchev–Trinajstić information content (AvgIpc) is 3.77. The summed E-state index contributed by atoms with van der Waals surface area (Å²) in [7, 11) is 11.3. The van der Waals surface area contributed by atoms with Gasteiger partial charge in [-0.15, -0.1) is 16.4 Å². The van der Waals surface area contributed by atoms with E-state index in [1.807, 2.05) is 60.7 Å². The Labute approximate surface area is 323 Å². The highest BCUT2D eigenvalue weighted by molar-refractivity contribution is 6.68. The summed E-state index contributed by atoms with van der Waals surface area (Å²) >= 11 is 0. The van der Waals surface area contributed by atoms with Crippen molar-refractivity contribution in [3.63, 3.8) is 0 Å². The molecule has 55 heavy (non-hydrogen) atoms. The number of fused-ring (bicyclic) bond motifs is 6. The van der Waals surface area contributed by atoms with Gasteiger partial charge in [0.1, 0.15) is 50.4 Å². The van der Waals surface area contributed by atoms with E-state index in [0.717, 1.165) is 44.3 Å². The normalized spacial score (nSPS) is 11.6. The Morgan fingerprint density at radius 3 is 1.60 bits per heavy atom. The second-order valence-electron chi connectivity index (χ2n) is 14.6. The zero-order valence-corrected chi connectivity index (χ0v) is 31.5. The Balaban J connectivity index is 1.13. The van der Waals surface area contributed by atoms with Crippen molar-refractivity contribution in [1.82, 2.24) is 19.5 Å². The van der Waals surface area contributed by atoms with Gasteiger partial charge in [0.15, 0.2) is 17.5 Å². The van der Waals surface area contributed by atoms with E-state index >= 15 is 0 Å². The van der Waals surface area contributed by atoms with Crippen LogP contribution in [0.4, 0.5) is 0 Å². The van der Waals surface area contributed by atoms with Crippen LogP contribution < -0.4 is 27.3 Å². The van der Waals surface area contributed by atoms with E-state index < -0.39 is 0 Å². The second-order valence-corrected chi connectivity index (χ2v) is 14.6. The lowest BCUT2D eigenvalue weighted by molar-refractivity contribution is 0.669. The van der Waals surface area contributed by atoms with E-state index in [2.05, 4.69) is 123 Å². The minimum Gasteiger partial charge on any atom is -0.456 e. The molecule has 0 aliphatic carbocycles. The molecule has 0 amide bonds. The van der Waals surface area contributed by atoms with Crippen molar-refractivity contribution in [2.75, 3.05) is 0 Å². The number of rotatable bonds is 5. The number of aromatic nitrogens is 4. The van der Waals surface area contributed by atoms with E-state index in [1.54, 1.807) is 0 Å². The maximum Gasteiger partial charge on any atom is 0.164 e. The summed E-state index contributed by atoms with van der Waals surface area (Å²) in [6.45, 7) is 0. The van der Waals surface area contributed by atoms with Gasteiger partial charge in [0.05, 0.1) is 11.0 Å². The van der Waals surface area contributed by atoms with Crippen molar-refractivity contribution < 1.29 is 4.42 Å². The monoisotopic (exact) mass is 700 g/mol. The topological polar surface area (TPSA) is 56.7 Å². The Hall–Kier alpha value is -6.53. The van der Waals surface area contributed by atoms with Gasteiger partial charge in [0.25, 0.3) is 0 Å². The molecule has 0 bridgehead atoms. The smallest absolute Gasteiger partial charge is 0.164 e. The Kier molecular flexibility index (Phi) is 7.70. The molecule has 5 nitrogen and oxygen atoms in total. The van der Waals surface area contributed by atoms with Crippen molar-refractivity contribution in [2.45, 2.75) is 0 Å². The molecule has 0 saturated heterocycles. The molecule has 10 rings (SSSR count). The van der Waals surface area contributed by atoms with Crippen molar-refractivity contribution in [3.8, 4) is 51.0 Å². The highest BCUT2D eigenvalue weighted by Crippen LogP contribution is 2.38. The number of hydrogen-bond donors (Lipinski definition) is 0. The molecule has 0 unspecified atom stereocenters. The van der Waals surface area contributed by atoms with Crippen LogP contribution in [0.5, 0.6) is 0 Å². The van der Waals surface area contributed by atoms with Crippen LogP contribution in [-0.4, -0.2) is 58.8 Å². The van der Waals surface area contributed by atoms with Gasteiger partial charge in [-0.1, -0.05) is 108 Å². The molecule has 0 saturated carbocycles. The van der Waals surface area contributed by atoms with Gasteiger partial charge >= 0.3 is 0 Å². The summed E-state index contributed by atoms with van der Waals surface area (Å²) in [5.41, 5.74) is 17.2. The minimum absolute atomic E-state index is 0.598. The van der Waals surface area contributed by atoms with Gasteiger partial charge < -0.3 is 8.98 Å². The number of furan rings is 1. The molecule has 0 atom stereocenters. The lowest BCUT2D eigenvalue weighted by Gasteiger charge is -2.20. The van der Waals surface area contributed by atoms with Gasteiger partial charge in [-0.25, -0.2) is 15.0 Å². The molecule has 0 fully saturated rings. The Bertz CT molecular complexity index is 3070. The highest BCUT2D eigenvalue weighted by atomic mass is 16.3. The van der Waals surface area contributed by atoms with E-state index in [0.29, 0.717) is 17.5 Å². The predicted octanol–water partition coefficient (Wildman–Crippen LogP) is 2.83. The number of nitrogens with zero attached hydrogens (tertiary/aromatic N) is 4. The van der Waals surface area contributed by atoms with E-state index in [1.165, 1.54) is 60.2 Å². The van der Waals surface area contributed by atoms with Crippen LogP contribution in [0.1, 0.15) is 0 Å². The predicted molar refractivity (Wildman–Crippen MR) is 244 cm³/mol. The third kappa shape index (κ3) is 5.35. The summed E-state index contributed by atoms with van der Waals surface area (Å²) < 4.78 is 8.95. The highest BCUT2D eigenvalue weighted by Gasteiger charge is 2.19. The summed E-state index contributed by atoms with van der Waals surface area (Å²) in [5.74, 6) is 1.86. The van der Waals surface area contributed by atoms with Gasteiger partial charge in [0, 0.05) is 43.9 Å². The summed E-state index contributed by atoms with van der Waals surface area (Å²) in [6.07, 6.45) is 0. The van der Waals surface area contributed by atoms with Gasteiger partial charge in [-0.05, 0) is 53.6 Å². The molecule has 0 spiro atoms. The first-order valence-electron chi connectivity index (χ1n) is 18.8. The van der Waals surface area contributed by atoms with Crippen molar-refractivity contribution >= 4 is 110 Å². The maximum atomic E-state index is 6.55. The second kappa shape index (κ2) is 12.8. The summed E-state index contributed by atoms with van der Waals surface area (Å²) in [5, 5.41) is 4.57. The quantitative estimate of drug-likeness (QED) is 0.260. The third-order valence-electron chi connectivity index (χ3n) is 11.6. The summed E-state index contributed by atoms with van der Waals surface area (Å²) in [4.78, 5) is 14.8. The molecule has 0 radical (unpaired) electrons. The molecule has 10 aromatic rings. The first kappa shape index (κ1) is 33.1. The van der Waals surface area contributed by atoms with Crippen LogP contribution in [0.25, 0.3) is 94.7 Å². The van der Waals surface area contributed by atoms with Crippen molar-refractivity contribution in [3.05, 3.63) is 140 Å². The molecule has 0 N–H and O–H groups in total. The molecule has 10 heteroatoms. The van der Waals surface area contributed by atoms with Crippen molar-refractivity contribution in [1.29, 1.82) is 0 Å². The molecule has 0 aliphatic heterocycles. The number of para-hydroxylation sites is 1. The lowest BCUT2D eigenvalue weighted by atomic mass is 9.59. The molecule has 254 valence electrons. The number of benzene rings is 7. The van der Waals surface area contributed by atoms with Gasteiger partial charge in [-0.3, -0.25) is 0 Å². The molecule has 7 aromatic carbocycles. The third-order valence-corrected chi connectivity index (χ3v) is 11.6. The van der Waals surface area contributed by atoms with Crippen LogP contribution in [-0.2, 0) is 0 Å². The standard InChI is InChI=1S/C45H33B5N4O/c46-38-37(39(47)41(49)42(50)40(38)48)26-15-18-30-29-13-7-8-14-33(29)54(34(30)21-26)28-17-20-35-32(23-28)31-19-16-27(22-36(31)55-35)45-52-43(24-9-3-1-4-10-24)51-44(53-45)25-11-5-2-6-12-25/h1-23H,46-50H2. The average molecular weight is 700 g/mol. The Morgan fingerprint density at radius 1 is 0.382 bits per heavy atom. The van der Waals surface area contributed by atoms with E-state index in [9.17, 15) is 0 Å². The van der Waals surface area contributed by atoms with Crippen LogP contribution in [0.3, 0.4) is 0 Å². The Morgan fingerprint density at radius 2 is 0.927 bits per heavy atom. The van der Waals surface area contributed by atoms with Crippen LogP contribution in [0, 0.1) is 0 Å². The molecule has 3 aromatic heterocycles. The van der Waals surface area contributed by atoms with Crippen LogP contribution in [0.2, 0.25) is 0 Å². The van der Waals surface area contributed by atoms with E-state index in [-0.39, 0.29) is 0 Å². The zero-order valence-electron chi connectivity index (χ0n) is 31.5. The number of hydrogen-bond acceptors (Lipinski definition) is 4. The fourth-order valence-corrected chi connectivity index (χ4v) is 8.32. The maximum absolute atomic E-state index is 6.55. The first-order valence-corrected chi connectivity index (χ1v) is 18.8. The van der Waals surface area contributed by atoms with Gasteiger partial charge in [-0.2, -0.15) is 0 Å². The molecule has 0 aliphatic rings. The fraction of sp³-hybridized carbons (Fsp3) is 0. The van der Waals surface area contributed by atoms with Crippen LogP contribution in [0.15, 0.2) is 144 Å². The first-order chi connectivity index (χ1) is 26.8. The lowest BCUT2D eigenvalue weighted by Crippen LogP contribution is -2.55. The molecular weight excluding hydrogens is 667 g/mol. The zero-order chi connectivity index (χ0) is 37.4. The largest absolute Gasteiger partial charge is 0.456 e. The fourth-order valence-electron chi connectivity index (χ4n) is 8.32. The minimum atomic E-state index is 0.598. The van der Waals surface area contributed by atoms with E-state index in [4.69, 9.17) is 19.4 Å². The van der Waals surface area contributed by atoms with Crippen molar-refractivity contribution in [2.24, 2.45) is 0 Å². The SMILES string of the molecule is Bc1c(B)c(B)c(-c2ccc3c4ccccc4n(-c4ccc5oc6cc(-c7nc(-c8ccccc8)nc(-c8ccccc8)n7)ccc6c5c4)c3c2)c(B)c1B.